The summed E-state index contributed by atoms with van der Waals surface area (Å²) in [6.07, 6.45) is 3.93. The summed E-state index contributed by atoms with van der Waals surface area (Å²) in [6, 6.07) is 8.57. The van der Waals surface area contributed by atoms with E-state index in [1.165, 1.54) is 11.1 Å². The lowest BCUT2D eigenvalue weighted by molar-refractivity contribution is 0.0346. The Kier molecular flexibility index (Phi) is 4.60. The Labute approximate surface area is 145 Å². The zero-order valence-corrected chi connectivity index (χ0v) is 15.4. The van der Waals surface area contributed by atoms with Gasteiger partial charge in [0.2, 0.25) is 0 Å². The first-order valence-corrected chi connectivity index (χ1v) is 9.08. The Morgan fingerprint density at radius 3 is 2.58 bits per heavy atom. The van der Waals surface area contributed by atoms with Gasteiger partial charge in [0, 0.05) is 0 Å². The van der Waals surface area contributed by atoms with Gasteiger partial charge in [-0.1, -0.05) is 24.3 Å². The third-order valence-corrected chi connectivity index (χ3v) is 5.43. The number of hydrogen-bond donors (Lipinski definition) is 1. The van der Waals surface area contributed by atoms with Gasteiger partial charge in [-0.2, -0.15) is 0 Å². The number of nitrogens with zero attached hydrogens (tertiary/aromatic N) is 1. The minimum atomic E-state index is -0.476. The highest BCUT2D eigenvalue weighted by Gasteiger charge is 2.47. The highest BCUT2D eigenvalue weighted by Crippen LogP contribution is 2.46. The quantitative estimate of drug-likeness (QED) is 0.899. The molecule has 1 atom stereocenters. The molecule has 0 aromatic heterocycles. The molecular weight excluding hydrogens is 300 g/mol. The molecule has 1 aliphatic heterocycles. The molecule has 1 aromatic rings. The van der Waals surface area contributed by atoms with Crippen LogP contribution in [0.25, 0.3) is 0 Å². The standard InChI is InChI=1S/C20H30N2O2/c1-19(2,3)24-18(23)21-20(16-10-13-22(4)14-11-16)12-9-15-7-5-6-8-17(15)20/h5-8,16H,9-14H2,1-4H3,(H,21,23). The van der Waals surface area contributed by atoms with Crippen molar-refractivity contribution in [1.29, 1.82) is 0 Å². The smallest absolute Gasteiger partial charge is 0.408 e. The molecule has 0 spiro atoms. The molecule has 1 aromatic carbocycles. The number of hydrogen-bond acceptors (Lipinski definition) is 3. The molecule has 1 N–H and O–H groups in total. The summed E-state index contributed by atoms with van der Waals surface area (Å²) in [6.45, 7) is 7.92. The second-order valence-corrected chi connectivity index (χ2v) is 8.33. The molecule has 1 aliphatic carbocycles. The largest absolute Gasteiger partial charge is 0.444 e. The summed E-state index contributed by atoms with van der Waals surface area (Å²) >= 11 is 0. The molecule has 1 fully saturated rings. The number of likely N-dealkylation sites (tertiary alicyclic amines) is 1. The number of nitrogens with one attached hydrogen (secondary N) is 1. The maximum absolute atomic E-state index is 12.6. The van der Waals surface area contributed by atoms with Gasteiger partial charge in [0.15, 0.2) is 0 Å². The zero-order chi connectivity index (χ0) is 17.4. The zero-order valence-electron chi connectivity index (χ0n) is 15.4. The van der Waals surface area contributed by atoms with Crippen LogP contribution in [0.4, 0.5) is 4.79 Å². The molecule has 0 bridgehead atoms. The van der Waals surface area contributed by atoms with Crippen molar-refractivity contribution in [2.75, 3.05) is 20.1 Å². The van der Waals surface area contributed by atoms with Gasteiger partial charge in [-0.25, -0.2) is 4.79 Å². The lowest BCUT2D eigenvalue weighted by atomic mass is 9.74. The SMILES string of the molecule is CN1CCC(C2(NC(=O)OC(C)(C)C)CCc3ccccc32)CC1. The average molecular weight is 330 g/mol. The van der Waals surface area contributed by atoms with Crippen LogP contribution >= 0.6 is 0 Å². The van der Waals surface area contributed by atoms with Crippen molar-refractivity contribution in [2.45, 2.75) is 57.6 Å². The molecule has 1 heterocycles. The second-order valence-electron chi connectivity index (χ2n) is 8.33. The first kappa shape index (κ1) is 17.3. The molecule has 0 saturated carbocycles. The highest BCUT2D eigenvalue weighted by atomic mass is 16.6. The summed E-state index contributed by atoms with van der Waals surface area (Å²) in [5, 5.41) is 3.31. The molecule has 2 aliphatic rings. The lowest BCUT2D eigenvalue weighted by Gasteiger charge is -2.43. The predicted octanol–water partition coefficient (Wildman–Crippen LogP) is 3.69. The van der Waals surface area contributed by atoms with Crippen molar-refractivity contribution in [3.05, 3.63) is 35.4 Å². The third kappa shape index (κ3) is 3.44. The van der Waals surface area contributed by atoms with E-state index < -0.39 is 5.60 Å². The number of rotatable bonds is 2. The molecule has 0 radical (unpaired) electrons. The first-order chi connectivity index (χ1) is 11.3. The molecule has 1 unspecified atom stereocenters. The van der Waals surface area contributed by atoms with E-state index >= 15 is 0 Å². The Morgan fingerprint density at radius 2 is 1.92 bits per heavy atom. The first-order valence-electron chi connectivity index (χ1n) is 9.08. The summed E-state index contributed by atoms with van der Waals surface area (Å²) in [5.74, 6) is 0.463. The molecule has 1 amide bonds. The van der Waals surface area contributed by atoms with E-state index in [9.17, 15) is 4.79 Å². The molecule has 4 heteroatoms. The Balaban J connectivity index is 1.89. The normalized spacial score (nSPS) is 25.3. The van der Waals surface area contributed by atoms with Crippen LogP contribution in [0, 0.1) is 5.92 Å². The van der Waals surface area contributed by atoms with E-state index in [-0.39, 0.29) is 11.6 Å². The van der Waals surface area contributed by atoms with E-state index in [4.69, 9.17) is 4.74 Å². The van der Waals surface area contributed by atoms with Crippen molar-refractivity contribution >= 4 is 6.09 Å². The van der Waals surface area contributed by atoms with Gasteiger partial charge < -0.3 is 15.0 Å². The molecule has 132 valence electrons. The van der Waals surface area contributed by atoms with Crippen LogP contribution in [-0.2, 0) is 16.7 Å². The number of carbonyl (C=O) groups is 1. The number of carbonyl (C=O) groups excluding carboxylic acids is 1. The van der Waals surface area contributed by atoms with Crippen LogP contribution in [0.1, 0.15) is 51.2 Å². The fourth-order valence-electron chi connectivity index (χ4n) is 4.28. The Bertz CT molecular complexity index is 600. The summed E-state index contributed by atoms with van der Waals surface area (Å²) in [5.41, 5.74) is 1.91. The van der Waals surface area contributed by atoms with Crippen molar-refractivity contribution in [3.63, 3.8) is 0 Å². The molecule has 4 nitrogen and oxygen atoms in total. The van der Waals surface area contributed by atoms with E-state index in [1.807, 2.05) is 20.8 Å². The van der Waals surface area contributed by atoms with Crippen LogP contribution < -0.4 is 5.32 Å². The Hall–Kier alpha value is -1.55. The number of amides is 1. The predicted molar refractivity (Wildman–Crippen MR) is 96.0 cm³/mol. The van der Waals surface area contributed by atoms with Crippen molar-refractivity contribution in [1.82, 2.24) is 10.2 Å². The van der Waals surface area contributed by atoms with Crippen LogP contribution in [0.15, 0.2) is 24.3 Å². The highest BCUT2D eigenvalue weighted by molar-refractivity contribution is 5.70. The van der Waals surface area contributed by atoms with E-state index in [0.717, 1.165) is 38.8 Å². The number of benzene rings is 1. The molecule has 24 heavy (non-hydrogen) atoms. The number of ether oxygens (including phenoxy) is 1. The van der Waals surface area contributed by atoms with Gasteiger partial charge in [-0.15, -0.1) is 0 Å². The fourth-order valence-corrected chi connectivity index (χ4v) is 4.28. The maximum Gasteiger partial charge on any atom is 0.408 e. The van der Waals surface area contributed by atoms with Gasteiger partial charge in [-0.3, -0.25) is 0 Å². The summed E-state index contributed by atoms with van der Waals surface area (Å²) < 4.78 is 5.59. The van der Waals surface area contributed by atoms with Crippen LogP contribution in [-0.4, -0.2) is 36.7 Å². The number of piperidine rings is 1. The minimum Gasteiger partial charge on any atom is -0.444 e. The fraction of sp³-hybridized carbons (Fsp3) is 0.650. The van der Waals surface area contributed by atoms with Gasteiger partial charge in [0.05, 0.1) is 5.54 Å². The second kappa shape index (κ2) is 6.40. The summed E-state index contributed by atoms with van der Waals surface area (Å²) in [7, 11) is 2.17. The average Bonchev–Trinajstić information content (AvgIpc) is 2.86. The number of aryl methyl sites for hydroxylation is 1. The van der Waals surface area contributed by atoms with Crippen molar-refractivity contribution < 1.29 is 9.53 Å². The van der Waals surface area contributed by atoms with Crippen LogP contribution in [0.3, 0.4) is 0 Å². The van der Waals surface area contributed by atoms with Gasteiger partial charge >= 0.3 is 6.09 Å². The molecule has 1 saturated heterocycles. The molecular formula is C20H30N2O2. The van der Waals surface area contributed by atoms with Crippen LogP contribution in [0.5, 0.6) is 0 Å². The summed E-state index contributed by atoms with van der Waals surface area (Å²) in [4.78, 5) is 15.0. The van der Waals surface area contributed by atoms with Crippen LogP contribution in [0.2, 0.25) is 0 Å². The van der Waals surface area contributed by atoms with E-state index in [0.29, 0.717) is 5.92 Å². The minimum absolute atomic E-state index is 0.278. The third-order valence-electron chi connectivity index (χ3n) is 5.43. The van der Waals surface area contributed by atoms with Gasteiger partial charge in [0.1, 0.15) is 5.60 Å². The topological polar surface area (TPSA) is 41.6 Å². The molecule has 3 rings (SSSR count). The lowest BCUT2D eigenvalue weighted by Crippen LogP contribution is -2.53. The number of alkyl carbamates (subject to hydrolysis) is 1. The maximum atomic E-state index is 12.6. The van der Waals surface area contributed by atoms with Crippen molar-refractivity contribution in [2.24, 2.45) is 5.92 Å². The van der Waals surface area contributed by atoms with E-state index in [2.05, 4.69) is 41.5 Å². The Morgan fingerprint density at radius 1 is 1.25 bits per heavy atom. The van der Waals surface area contributed by atoms with Gasteiger partial charge in [-0.05, 0) is 83.6 Å². The van der Waals surface area contributed by atoms with Gasteiger partial charge in [0.25, 0.3) is 0 Å². The van der Waals surface area contributed by atoms with E-state index in [1.54, 1.807) is 0 Å². The number of fused-ring (bicyclic) bond motifs is 1. The monoisotopic (exact) mass is 330 g/mol. The van der Waals surface area contributed by atoms with Crippen molar-refractivity contribution in [3.8, 4) is 0 Å².